The summed E-state index contributed by atoms with van der Waals surface area (Å²) in [6.07, 6.45) is 3.98. The van der Waals surface area contributed by atoms with Gasteiger partial charge in [-0.25, -0.2) is 13.1 Å². The van der Waals surface area contributed by atoms with Crippen LogP contribution in [0.4, 0.5) is 5.69 Å². The number of nitrogens with zero attached hydrogens (tertiary/aromatic N) is 1. The number of benzene rings is 2. The van der Waals surface area contributed by atoms with E-state index in [0.717, 1.165) is 32.2 Å². The van der Waals surface area contributed by atoms with Crippen LogP contribution in [0.2, 0.25) is 5.02 Å². The second kappa shape index (κ2) is 8.85. The molecule has 0 saturated heterocycles. The topological polar surface area (TPSA) is 49.4 Å². The fraction of sp³-hybridized carbons (Fsp3) is 0.455. The minimum atomic E-state index is -3.59. The molecule has 28 heavy (non-hydrogen) atoms. The van der Waals surface area contributed by atoms with Crippen LogP contribution in [0.15, 0.2) is 47.4 Å². The van der Waals surface area contributed by atoms with Crippen molar-refractivity contribution in [2.75, 3.05) is 11.4 Å². The minimum Gasteiger partial charge on any atom is -0.367 e. The molecule has 0 heterocycles. The minimum absolute atomic E-state index is 0.117. The number of nitrogens with one attached hydrogen (secondary N) is 1. The van der Waals surface area contributed by atoms with Gasteiger partial charge in [-0.3, -0.25) is 0 Å². The van der Waals surface area contributed by atoms with Gasteiger partial charge in [-0.1, -0.05) is 42.6 Å². The van der Waals surface area contributed by atoms with Gasteiger partial charge in [0.25, 0.3) is 0 Å². The molecule has 6 heteroatoms. The Balaban J connectivity index is 1.90. The fourth-order valence-electron chi connectivity index (χ4n) is 4.32. The Hall–Kier alpha value is -1.56. The number of aryl methyl sites for hydroxylation is 2. The number of anilines is 1. The first-order valence-corrected chi connectivity index (χ1v) is 11.8. The fourth-order valence-corrected chi connectivity index (χ4v) is 5.75. The first kappa shape index (κ1) is 21.2. The highest BCUT2D eigenvalue weighted by Gasteiger charge is 2.34. The highest BCUT2D eigenvalue weighted by molar-refractivity contribution is 7.89. The molecule has 1 N–H and O–H groups in total. The van der Waals surface area contributed by atoms with E-state index >= 15 is 0 Å². The number of hydrogen-bond acceptors (Lipinski definition) is 3. The quantitative estimate of drug-likeness (QED) is 0.709. The van der Waals surface area contributed by atoms with Crippen LogP contribution in [-0.4, -0.2) is 27.0 Å². The van der Waals surface area contributed by atoms with Crippen molar-refractivity contribution in [1.29, 1.82) is 0 Å². The first-order valence-electron chi connectivity index (χ1n) is 9.94. The normalized spacial score (nSPS) is 20.1. The highest BCUT2D eigenvalue weighted by atomic mass is 35.5. The van der Waals surface area contributed by atoms with E-state index in [4.69, 9.17) is 11.6 Å². The Kier molecular flexibility index (Phi) is 6.69. The molecule has 2 aromatic carbocycles. The molecule has 0 unspecified atom stereocenters. The third kappa shape index (κ3) is 4.53. The first-order chi connectivity index (χ1) is 13.3. The third-order valence-electron chi connectivity index (χ3n) is 5.63. The van der Waals surface area contributed by atoms with Gasteiger partial charge in [-0.15, -0.1) is 0 Å². The van der Waals surface area contributed by atoms with Crippen LogP contribution in [0.1, 0.15) is 43.7 Å². The lowest BCUT2D eigenvalue weighted by molar-refractivity contribution is 0.344. The van der Waals surface area contributed by atoms with E-state index in [-0.39, 0.29) is 17.0 Å². The summed E-state index contributed by atoms with van der Waals surface area (Å²) in [5, 5.41) is 0.529. The van der Waals surface area contributed by atoms with Gasteiger partial charge in [0.1, 0.15) is 0 Å². The van der Waals surface area contributed by atoms with Crippen LogP contribution >= 0.6 is 11.6 Å². The Labute approximate surface area is 174 Å². The lowest BCUT2D eigenvalue weighted by Gasteiger charge is -2.42. The maximum Gasteiger partial charge on any atom is 0.240 e. The molecule has 1 aliphatic rings. The smallest absolute Gasteiger partial charge is 0.240 e. The van der Waals surface area contributed by atoms with Crippen LogP contribution < -0.4 is 9.62 Å². The van der Waals surface area contributed by atoms with Gasteiger partial charge < -0.3 is 4.90 Å². The molecule has 152 valence electrons. The summed E-state index contributed by atoms with van der Waals surface area (Å²) in [5.74, 6) is 0. The summed E-state index contributed by atoms with van der Waals surface area (Å²) in [4.78, 5) is 2.65. The SMILES string of the molecule is CCN(c1c(C)cccc1C)[C@@H]1CCCC[C@H]1NS(=O)(=O)c1ccc(Cl)cc1. The van der Waals surface area contributed by atoms with E-state index in [1.165, 1.54) is 16.8 Å². The molecule has 2 atom stereocenters. The predicted octanol–water partition coefficient (Wildman–Crippen LogP) is 5.07. The number of sulfonamides is 1. The molecular weight excluding hydrogens is 392 g/mol. The number of rotatable bonds is 6. The largest absolute Gasteiger partial charge is 0.367 e. The summed E-state index contributed by atoms with van der Waals surface area (Å²) in [6, 6.07) is 12.7. The summed E-state index contributed by atoms with van der Waals surface area (Å²) in [5.41, 5.74) is 3.69. The van der Waals surface area contributed by atoms with E-state index in [0.29, 0.717) is 5.02 Å². The van der Waals surface area contributed by atoms with Crippen LogP contribution in [0, 0.1) is 13.8 Å². The lowest BCUT2D eigenvalue weighted by Crippen LogP contribution is -2.53. The zero-order valence-electron chi connectivity index (χ0n) is 16.8. The van der Waals surface area contributed by atoms with Crippen LogP contribution in [0.5, 0.6) is 0 Å². The molecule has 4 nitrogen and oxygen atoms in total. The van der Waals surface area contributed by atoms with Gasteiger partial charge in [-0.2, -0.15) is 0 Å². The standard InChI is InChI=1S/C22H29ClN2O2S/c1-4-25(22-16(2)8-7-9-17(22)3)21-11-6-5-10-20(21)24-28(26,27)19-14-12-18(23)13-15-19/h7-9,12-15,20-21,24H,4-6,10-11H2,1-3H3/t20-,21-/m1/s1. The van der Waals surface area contributed by atoms with E-state index < -0.39 is 10.0 Å². The molecule has 0 aromatic heterocycles. The van der Waals surface area contributed by atoms with E-state index in [1.807, 2.05) is 0 Å². The molecule has 0 radical (unpaired) electrons. The second-order valence-electron chi connectivity index (χ2n) is 7.56. The van der Waals surface area contributed by atoms with Gasteiger partial charge in [0.05, 0.1) is 4.90 Å². The zero-order valence-corrected chi connectivity index (χ0v) is 18.4. The van der Waals surface area contributed by atoms with Crippen molar-refractivity contribution in [1.82, 2.24) is 4.72 Å². The average Bonchev–Trinajstić information content (AvgIpc) is 2.66. The Bertz CT molecular complexity index is 892. The Morgan fingerprint density at radius 3 is 2.25 bits per heavy atom. The molecule has 1 saturated carbocycles. The van der Waals surface area contributed by atoms with E-state index in [9.17, 15) is 8.42 Å². The molecule has 1 fully saturated rings. The summed E-state index contributed by atoms with van der Waals surface area (Å²) < 4.78 is 28.9. The number of likely N-dealkylation sites (N-methyl/N-ethyl adjacent to an activating group) is 1. The number of hydrogen-bond donors (Lipinski definition) is 1. The Morgan fingerprint density at radius 2 is 1.64 bits per heavy atom. The molecule has 2 aromatic rings. The highest BCUT2D eigenvalue weighted by Crippen LogP contribution is 2.32. The Morgan fingerprint density at radius 1 is 1.04 bits per heavy atom. The average molecular weight is 421 g/mol. The lowest BCUT2D eigenvalue weighted by atomic mass is 9.88. The monoisotopic (exact) mass is 420 g/mol. The van der Waals surface area contributed by atoms with Crippen molar-refractivity contribution >= 4 is 27.3 Å². The van der Waals surface area contributed by atoms with Gasteiger partial charge >= 0.3 is 0 Å². The van der Waals surface area contributed by atoms with Gasteiger partial charge in [-0.05, 0) is 69.0 Å². The van der Waals surface area contributed by atoms with Crippen LogP contribution in [0.3, 0.4) is 0 Å². The second-order valence-corrected chi connectivity index (χ2v) is 9.71. The molecule has 3 rings (SSSR count). The molecule has 0 bridgehead atoms. The van der Waals surface area contributed by atoms with Gasteiger partial charge in [0.2, 0.25) is 10.0 Å². The predicted molar refractivity (Wildman–Crippen MR) is 117 cm³/mol. The number of para-hydroxylation sites is 1. The summed E-state index contributed by atoms with van der Waals surface area (Å²) in [7, 11) is -3.59. The van der Waals surface area contributed by atoms with E-state index in [2.05, 4.69) is 48.6 Å². The van der Waals surface area contributed by atoms with Crippen molar-refractivity contribution < 1.29 is 8.42 Å². The van der Waals surface area contributed by atoms with Crippen molar-refractivity contribution in [3.05, 3.63) is 58.6 Å². The maximum atomic E-state index is 13.0. The number of halogens is 1. The molecule has 0 aliphatic heterocycles. The van der Waals surface area contributed by atoms with Crippen LogP contribution in [0.25, 0.3) is 0 Å². The summed E-state index contributed by atoms with van der Waals surface area (Å²) >= 11 is 5.91. The molecular formula is C22H29ClN2O2S. The maximum absolute atomic E-state index is 13.0. The van der Waals surface area contributed by atoms with Crippen molar-refractivity contribution in [3.63, 3.8) is 0 Å². The molecule has 1 aliphatic carbocycles. The summed E-state index contributed by atoms with van der Waals surface area (Å²) in [6.45, 7) is 7.24. The van der Waals surface area contributed by atoms with Gasteiger partial charge in [0.15, 0.2) is 0 Å². The van der Waals surface area contributed by atoms with Crippen molar-refractivity contribution in [3.8, 4) is 0 Å². The van der Waals surface area contributed by atoms with E-state index in [1.54, 1.807) is 24.3 Å². The van der Waals surface area contributed by atoms with Gasteiger partial charge in [0, 0.05) is 29.3 Å². The zero-order chi connectivity index (χ0) is 20.3. The molecule has 0 spiro atoms. The third-order valence-corrected chi connectivity index (χ3v) is 7.39. The van der Waals surface area contributed by atoms with Crippen molar-refractivity contribution in [2.24, 2.45) is 0 Å². The molecule has 0 amide bonds. The van der Waals surface area contributed by atoms with Crippen molar-refractivity contribution in [2.45, 2.75) is 63.4 Å². The van der Waals surface area contributed by atoms with Crippen LogP contribution in [-0.2, 0) is 10.0 Å².